The van der Waals surface area contributed by atoms with E-state index in [0.29, 0.717) is 55.7 Å². The number of fused-ring (bicyclic) bond motifs is 1. The minimum absolute atomic E-state index is 0.0193. The third-order valence-corrected chi connectivity index (χ3v) is 8.11. The second-order valence-electron chi connectivity index (χ2n) is 11.7. The van der Waals surface area contributed by atoms with Gasteiger partial charge in [-0.15, -0.1) is 5.10 Å². The Morgan fingerprint density at radius 3 is 2.63 bits per heavy atom. The Balaban J connectivity index is 1.46. The largest absolute Gasteiger partial charge is 0.383 e. The van der Waals surface area contributed by atoms with E-state index < -0.39 is 6.02 Å². The third-order valence-electron chi connectivity index (χ3n) is 7.49. The summed E-state index contributed by atoms with van der Waals surface area (Å²) in [4.78, 5) is 4.46. The van der Waals surface area contributed by atoms with Crippen LogP contribution in [0.5, 0.6) is 0 Å². The van der Waals surface area contributed by atoms with Crippen molar-refractivity contribution in [3.8, 4) is 6.07 Å². The molecule has 3 aliphatic rings. The fourth-order valence-electron chi connectivity index (χ4n) is 5.36. The van der Waals surface area contributed by atoms with Gasteiger partial charge in [0.05, 0.1) is 40.9 Å². The van der Waals surface area contributed by atoms with Crippen molar-refractivity contribution in [2.45, 2.75) is 51.6 Å². The molecule has 9 heteroatoms. The fraction of sp³-hybridized carbons (Fsp3) is 0.379. The lowest BCUT2D eigenvalue weighted by atomic mass is 9.50. The molecule has 1 unspecified atom stereocenters. The van der Waals surface area contributed by atoms with Crippen molar-refractivity contribution < 1.29 is 1.37 Å². The summed E-state index contributed by atoms with van der Waals surface area (Å²) >= 11 is 13.4. The predicted octanol–water partition coefficient (Wildman–Crippen LogP) is 7.17. The molecule has 4 aromatic rings. The number of hydrogen-bond donors (Lipinski definition) is 2. The summed E-state index contributed by atoms with van der Waals surface area (Å²) in [6.45, 7) is 7.00. The molecule has 3 fully saturated rings. The molecule has 1 atom stereocenters. The molecule has 0 spiro atoms. The van der Waals surface area contributed by atoms with E-state index in [1.54, 1.807) is 12.1 Å². The van der Waals surface area contributed by atoms with E-state index in [-0.39, 0.29) is 11.0 Å². The first-order valence-electron chi connectivity index (χ1n) is 13.2. The first-order chi connectivity index (χ1) is 18.5. The second-order valence-corrected chi connectivity index (χ2v) is 12.5. The number of nitrogens with zero attached hydrogens (tertiary/aromatic N) is 5. The molecule has 7 rings (SSSR count). The molecule has 0 aliphatic heterocycles. The summed E-state index contributed by atoms with van der Waals surface area (Å²) in [7, 11) is 0. The van der Waals surface area contributed by atoms with Crippen LogP contribution in [0.25, 0.3) is 10.9 Å². The van der Waals surface area contributed by atoms with Crippen LogP contribution in [-0.2, 0) is 5.54 Å². The molecule has 2 aromatic heterocycles. The van der Waals surface area contributed by atoms with Gasteiger partial charge in [0.15, 0.2) is 0 Å². The van der Waals surface area contributed by atoms with Gasteiger partial charge in [-0.3, -0.25) is 4.98 Å². The highest BCUT2D eigenvalue weighted by Gasteiger charge is 2.58. The van der Waals surface area contributed by atoms with Gasteiger partial charge in [-0.1, -0.05) is 67.4 Å². The highest BCUT2D eigenvalue weighted by molar-refractivity contribution is 6.36. The summed E-state index contributed by atoms with van der Waals surface area (Å²) in [5.41, 5.74) is 3.22. The first kappa shape index (κ1) is 23.8. The molecule has 2 N–H and O–H groups in total. The molecule has 194 valence electrons. The topological polar surface area (TPSA) is 91.5 Å². The van der Waals surface area contributed by atoms with E-state index in [2.05, 4.69) is 52.8 Å². The van der Waals surface area contributed by atoms with Gasteiger partial charge >= 0.3 is 0 Å². The van der Waals surface area contributed by atoms with Gasteiger partial charge in [0.2, 0.25) is 0 Å². The monoisotopic (exact) mass is 546 g/mol. The lowest BCUT2D eigenvalue weighted by Gasteiger charge is -2.61. The summed E-state index contributed by atoms with van der Waals surface area (Å²) in [6, 6.07) is 11.5. The van der Waals surface area contributed by atoms with Crippen LogP contribution in [-0.4, -0.2) is 26.5 Å². The zero-order chi connectivity index (χ0) is 27.6. The smallest absolute Gasteiger partial charge is 0.110 e. The number of hydrogen-bond acceptors (Lipinski definition) is 6. The summed E-state index contributed by atoms with van der Waals surface area (Å²) < 4.78 is 11.6. The van der Waals surface area contributed by atoms with Crippen molar-refractivity contribution in [2.75, 3.05) is 17.2 Å². The number of aromatic nitrogens is 4. The maximum atomic E-state index is 9.82. The number of nitrogens with one attached hydrogen (secondary N) is 2. The lowest BCUT2D eigenvalue weighted by Crippen LogP contribution is -2.59. The van der Waals surface area contributed by atoms with Crippen LogP contribution in [0.15, 0.2) is 48.8 Å². The minimum Gasteiger partial charge on any atom is -0.383 e. The zero-order valence-corrected chi connectivity index (χ0v) is 23.0. The van der Waals surface area contributed by atoms with Crippen LogP contribution in [0, 0.1) is 22.7 Å². The number of halogens is 2. The van der Waals surface area contributed by atoms with Gasteiger partial charge in [-0.05, 0) is 54.4 Å². The second kappa shape index (κ2) is 9.14. The fourth-order valence-corrected chi connectivity index (χ4v) is 5.86. The average Bonchev–Trinajstić information content (AvgIpc) is 3.30. The Morgan fingerprint density at radius 1 is 1.21 bits per heavy atom. The SMILES string of the molecule is [2H]C(Nc1cc(Cl)c2ncc(C#N)c(NCC(C)(C)C)c2c1)(c1cn(C23CC(C2)C3)nn1)c1ccccc1Cl. The molecule has 2 bridgehead atoms. The third kappa shape index (κ3) is 4.36. The number of anilines is 2. The maximum absolute atomic E-state index is 9.82. The first-order valence-corrected chi connectivity index (χ1v) is 13.5. The Kier molecular flexibility index (Phi) is 5.72. The molecule has 3 saturated carbocycles. The van der Waals surface area contributed by atoms with Crippen LogP contribution >= 0.6 is 23.2 Å². The van der Waals surface area contributed by atoms with E-state index in [9.17, 15) is 6.63 Å². The Bertz CT molecular complexity index is 1620. The van der Waals surface area contributed by atoms with Crippen LogP contribution in [0.1, 0.15) is 64.2 Å². The van der Waals surface area contributed by atoms with Crippen LogP contribution in [0.2, 0.25) is 10.0 Å². The number of nitriles is 1. The molecule has 38 heavy (non-hydrogen) atoms. The Morgan fingerprint density at radius 2 is 1.97 bits per heavy atom. The highest BCUT2D eigenvalue weighted by atomic mass is 35.5. The van der Waals surface area contributed by atoms with Crippen molar-refractivity contribution in [3.05, 3.63) is 75.7 Å². The van der Waals surface area contributed by atoms with Gasteiger partial charge in [0.25, 0.3) is 0 Å². The minimum atomic E-state index is -1.56. The zero-order valence-electron chi connectivity index (χ0n) is 22.5. The molecule has 2 heterocycles. The van der Waals surface area contributed by atoms with Crippen LogP contribution < -0.4 is 10.6 Å². The van der Waals surface area contributed by atoms with Crippen LogP contribution in [0.3, 0.4) is 0 Å². The van der Waals surface area contributed by atoms with Crippen molar-refractivity contribution in [2.24, 2.45) is 11.3 Å². The molecular weight excluding hydrogens is 517 g/mol. The molecule has 0 radical (unpaired) electrons. The molecule has 7 nitrogen and oxygen atoms in total. The number of pyridine rings is 1. The molecule has 0 saturated heterocycles. The molecule has 0 amide bonds. The van der Waals surface area contributed by atoms with Crippen molar-refractivity contribution >= 4 is 45.5 Å². The highest BCUT2D eigenvalue weighted by Crippen LogP contribution is 2.62. The molecule has 3 aliphatic carbocycles. The van der Waals surface area contributed by atoms with Crippen molar-refractivity contribution in [3.63, 3.8) is 0 Å². The Hall–Kier alpha value is -3.34. The van der Waals surface area contributed by atoms with Gasteiger partial charge < -0.3 is 10.6 Å². The molecule has 2 aromatic carbocycles. The molecular formula is C29H29Cl2N7. The van der Waals surface area contributed by atoms with E-state index in [1.165, 1.54) is 6.20 Å². The standard InChI is InChI=1S/C29H29Cl2N7/c1-28(2,3)16-34-25-18(13-32)14-33-26-21(25)8-19(9-23(26)31)35-27(20-6-4-5-7-22(20)30)24-15-38(37-36-24)29-10-17(11-29)12-29/h4-9,14-15,17,27,35H,10-12,16H2,1-3H3,(H,33,34)/i27D. The summed E-state index contributed by atoms with van der Waals surface area (Å²) in [5, 5.41) is 27.0. The maximum Gasteiger partial charge on any atom is 0.110 e. The number of benzene rings is 2. The van der Waals surface area contributed by atoms with E-state index >= 15 is 0 Å². The normalized spacial score (nSPS) is 22.0. The summed E-state index contributed by atoms with van der Waals surface area (Å²) in [6.07, 6.45) is 6.73. The number of rotatable bonds is 7. The Labute approximate surface area is 233 Å². The summed E-state index contributed by atoms with van der Waals surface area (Å²) in [5.74, 6) is 0.785. The van der Waals surface area contributed by atoms with Gasteiger partial charge in [0, 0.05) is 28.8 Å². The van der Waals surface area contributed by atoms with Crippen molar-refractivity contribution in [1.82, 2.24) is 20.0 Å². The van der Waals surface area contributed by atoms with Gasteiger partial charge in [0.1, 0.15) is 11.8 Å². The van der Waals surface area contributed by atoms with Gasteiger partial charge in [-0.2, -0.15) is 5.26 Å². The average molecular weight is 548 g/mol. The quantitative estimate of drug-likeness (QED) is 0.255. The predicted molar refractivity (Wildman–Crippen MR) is 152 cm³/mol. The van der Waals surface area contributed by atoms with E-state index in [4.69, 9.17) is 23.2 Å². The lowest BCUT2D eigenvalue weighted by molar-refractivity contribution is -0.0989. The van der Waals surface area contributed by atoms with E-state index in [1.807, 2.05) is 35.1 Å². The van der Waals surface area contributed by atoms with Gasteiger partial charge in [-0.25, -0.2) is 4.68 Å². The van der Waals surface area contributed by atoms with Crippen LogP contribution in [0.4, 0.5) is 11.4 Å². The van der Waals surface area contributed by atoms with E-state index in [0.717, 1.165) is 25.2 Å². The van der Waals surface area contributed by atoms with Crippen molar-refractivity contribution in [1.29, 1.82) is 5.26 Å².